The van der Waals surface area contributed by atoms with Crippen LogP contribution in [0.3, 0.4) is 0 Å². The van der Waals surface area contributed by atoms with Crippen LogP contribution in [-0.4, -0.2) is 34.5 Å². The Kier molecular flexibility index (Phi) is 3.33. The molecule has 3 heteroatoms. The van der Waals surface area contributed by atoms with Gasteiger partial charge in [0, 0.05) is 6.54 Å². The second-order valence-electron chi connectivity index (χ2n) is 4.82. The summed E-state index contributed by atoms with van der Waals surface area (Å²) in [6.45, 7) is 5.04. The van der Waals surface area contributed by atoms with E-state index < -0.39 is 11.2 Å². The van der Waals surface area contributed by atoms with Crippen LogP contribution in [0.4, 0.5) is 0 Å². The van der Waals surface area contributed by atoms with Gasteiger partial charge in [0.15, 0.2) is 0 Å². The second-order valence-corrected chi connectivity index (χ2v) is 4.82. The van der Waals surface area contributed by atoms with Gasteiger partial charge >= 0.3 is 0 Å². The highest BCUT2D eigenvalue weighted by Gasteiger charge is 2.33. The van der Waals surface area contributed by atoms with Gasteiger partial charge in [-0.15, -0.1) is 0 Å². The molecule has 1 rings (SSSR count). The van der Waals surface area contributed by atoms with Crippen molar-refractivity contribution in [3.05, 3.63) is 0 Å². The predicted molar refractivity (Wildman–Crippen MR) is 52.6 cm³/mol. The fourth-order valence-corrected chi connectivity index (χ4v) is 1.48. The van der Waals surface area contributed by atoms with E-state index in [0.717, 1.165) is 32.2 Å². The lowest BCUT2D eigenvalue weighted by atomic mass is 9.80. The van der Waals surface area contributed by atoms with E-state index >= 15 is 0 Å². The van der Waals surface area contributed by atoms with E-state index in [1.54, 1.807) is 13.8 Å². The first kappa shape index (κ1) is 11.0. The van der Waals surface area contributed by atoms with Crippen LogP contribution in [0.1, 0.15) is 39.5 Å². The molecule has 0 aromatic heterocycles. The zero-order valence-corrected chi connectivity index (χ0v) is 8.64. The second kappa shape index (κ2) is 3.95. The third-order valence-electron chi connectivity index (χ3n) is 2.65. The molecule has 1 saturated carbocycles. The van der Waals surface area contributed by atoms with Gasteiger partial charge in [0.05, 0.1) is 11.2 Å². The molecule has 0 aromatic rings. The van der Waals surface area contributed by atoms with E-state index in [-0.39, 0.29) is 0 Å². The molecule has 0 bridgehead atoms. The quantitative estimate of drug-likeness (QED) is 0.554. The van der Waals surface area contributed by atoms with E-state index in [4.69, 9.17) is 0 Å². The molecule has 3 nitrogen and oxygen atoms in total. The van der Waals surface area contributed by atoms with Gasteiger partial charge in [-0.05, 0) is 46.1 Å². The molecule has 0 unspecified atom stereocenters. The molecule has 78 valence electrons. The fourth-order valence-electron chi connectivity index (χ4n) is 1.48. The van der Waals surface area contributed by atoms with E-state index in [0.29, 0.717) is 6.54 Å². The lowest BCUT2D eigenvalue weighted by Gasteiger charge is -2.37. The van der Waals surface area contributed by atoms with Gasteiger partial charge < -0.3 is 15.5 Å². The maximum atomic E-state index is 9.71. The highest BCUT2D eigenvalue weighted by molar-refractivity contribution is 4.89. The van der Waals surface area contributed by atoms with Crippen LogP contribution in [0.15, 0.2) is 0 Å². The molecule has 0 saturated heterocycles. The summed E-state index contributed by atoms with van der Waals surface area (Å²) in [7, 11) is 0. The Morgan fingerprint density at radius 1 is 1.38 bits per heavy atom. The van der Waals surface area contributed by atoms with Crippen molar-refractivity contribution in [1.29, 1.82) is 0 Å². The zero-order valence-electron chi connectivity index (χ0n) is 8.64. The summed E-state index contributed by atoms with van der Waals surface area (Å²) in [6.07, 6.45) is 3.71. The van der Waals surface area contributed by atoms with Crippen LogP contribution < -0.4 is 5.32 Å². The van der Waals surface area contributed by atoms with Crippen molar-refractivity contribution >= 4 is 0 Å². The van der Waals surface area contributed by atoms with Gasteiger partial charge in [-0.1, -0.05) is 0 Å². The van der Waals surface area contributed by atoms with Crippen LogP contribution in [-0.2, 0) is 0 Å². The van der Waals surface area contributed by atoms with Crippen molar-refractivity contribution in [2.45, 2.75) is 50.7 Å². The number of hydrogen-bond donors (Lipinski definition) is 3. The minimum atomic E-state index is -0.602. The molecule has 1 aliphatic carbocycles. The predicted octanol–water partition coefficient (Wildman–Crippen LogP) is 0.652. The monoisotopic (exact) mass is 187 g/mol. The third kappa shape index (κ3) is 4.07. The van der Waals surface area contributed by atoms with Crippen LogP contribution in [0, 0.1) is 0 Å². The molecular weight excluding hydrogens is 166 g/mol. The number of aliphatic hydroxyl groups is 2. The minimum Gasteiger partial charge on any atom is -0.390 e. The van der Waals surface area contributed by atoms with E-state index in [1.165, 1.54) is 0 Å². The van der Waals surface area contributed by atoms with Crippen molar-refractivity contribution in [2.75, 3.05) is 13.1 Å². The molecule has 0 amide bonds. The Morgan fingerprint density at radius 2 is 2.00 bits per heavy atom. The van der Waals surface area contributed by atoms with Crippen molar-refractivity contribution in [1.82, 2.24) is 5.32 Å². The van der Waals surface area contributed by atoms with E-state index in [9.17, 15) is 10.2 Å². The Balaban J connectivity index is 2.01. The Labute approximate surface area is 80.2 Å². The highest BCUT2D eigenvalue weighted by Crippen LogP contribution is 2.30. The van der Waals surface area contributed by atoms with Crippen LogP contribution in [0.2, 0.25) is 0 Å². The Hall–Kier alpha value is -0.120. The first-order valence-electron chi connectivity index (χ1n) is 5.07. The topological polar surface area (TPSA) is 52.5 Å². The molecule has 13 heavy (non-hydrogen) atoms. The fraction of sp³-hybridized carbons (Fsp3) is 1.00. The summed E-state index contributed by atoms with van der Waals surface area (Å²) in [5.74, 6) is 0. The minimum absolute atomic E-state index is 0.445. The average Bonchev–Trinajstić information content (AvgIpc) is 1.93. The summed E-state index contributed by atoms with van der Waals surface area (Å²) in [6, 6.07) is 0. The van der Waals surface area contributed by atoms with Crippen LogP contribution >= 0.6 is 0 Å². The average molecular weight is 187 g/mol. The smallest absolute Gasteiger partial charge is 0.0771 e. The standard InChI is InChI=1S/C10H21NO2/c1-9(2,12)6-7-11-8-10(13)4-3-5-10/h11-13H,3-8H2,1-2H3. The van der Waals surface area contributed by atoms with Crippen molar-refractivity contribution in [2.24, 2.45) is 0 Å². The molecular formula is C10H21NO2. The first-order valence-corrected chi connectivity index (χ1v) is 5.07. The number of rotatable bonds is 5. The molecule has 0 aromatic carbocycles. The van der Waals surface area contributed by atoms with Gasteiger partial charge in [0.2, 0.25) is 0 Å². The van der Waals surface area contributed by atoms with E-state index in [2.05, 4.69) is 5.32 Å². The number of nitrogens with one attached hydrogen (secondary N) is 1. The highest BCUT2D eigenvalue weighted by atomic mass is 16.3. The molecule has 0 radical (unpaired) electrons. The largest absolute Gasteiger partial charge is 0.390 e. The molecule has 3 N–H and O–H groups in total. The van der Waals surface area contributed by atoms with Gasteiger partial charge in [-0.2, -0.15) is 0 Å². The lowest BCUT2D eigenvalue weighted by molar-refractivity contribution is -0.0324. The Morgan fingerprint density at radius 3 is 2.38 bits per heavy atom. The van der Waals surface area contributed by atoms with Crippen molar-refractivity contribution < 1.29 is 10.2 Å². The van der Waals surface area contributed by atoms with Gasteiger partial charge in [0.1, 0.15) is 0 Å². The van der Waals surface area contributed by atoms with E-state index in [1.807, 2.05) is 0 Å². The lowest BCUT2D eigenvalue weighted by Crippen LogP contribution is -2.46. The zero-order chi connectivity index (χ0) is 9.95. The normalized spacial score (nSPS) is 21.2. The molecule has 0 aliphatic heterocycles. The van der Waals surface area contributed by atoms with Gasteiger partial charge in [-0.25, -0.2) is 0 Å². The SMILES string of the molecule is CC(C)(O)CCNCC1(O)CCC1. The molecule has 1 fully saturated rings. The summed E-state index contributed by atoms with van der Waals surface area (Å²) in [5.41, 5.74) is -1.05. The van der Waals surface area contributed by atoms with Crippen molar-refractivity contribution in [3.63, 3.8) is 0 Å². The molecule has 1 aliphatic rings. The summed E-state index contributed by atoms with van der Waals surface area (Å²) < 4.78 is 0. The maximum Gasteiger partial charge on any atom is 0.0771 e. The van der Waals surface area contributed by atoms with Gasteiger partial charge in [-0.3, -0.25) is 0 Å². The molecule has 0 heterocycles. The Bertz CT molecular complexity index is 159. The summed E-state index contributed by atoms with van der Waals surface area (Å²) in [4.78, 5) is 0. The van der Waals surface area contributed by atoms with Crippen molar-refractivity contribution in [3.8, 4) is 0 Å². The van der Waals surface area contributed by atoms with Crippen LogP contribution in [0.5, 0.6) is 0 Å². The third-order valence-corrected chi connectivity index (χ3v) is 2.65. The van der Waals surface area contributed by atoms with Crippen LogP contribution in [0.25, 0.3) is 0 Å². The summed E-state index contributed by atoms with van der Waals surface area (Å²) in [5, 5.41) is 22.3. The molecule has 0 spiro atoms. The summed E-state index contributed by atoms with van der Waals surface area (Å²) >= 11 is 0. The maximum absolute atomic E-state index is 9.71. The van der Waals surface area contributed by atoms with Gasteiger partial charge in [0.25, 0.3) is 0 Å². The number of hydrogen-bond acceptors (Lipinski definition) is 3. The molecule has 0 atom stereocenters. The first-order chi connectivity index (χ1) is 5.91.